The van der Waals surface area contributed by atoms with Crippen molar-refractivity contribution in [2.75, 3.05) is 19.0 Å². The summed E-state index contributed by atoms with van der Waals surface area (Å²) in [5.74, 6) is 0.699. The highest BCUT2D eigenvalue weighted by atomic mass is 32.1. The maximum atomic E-state index is 5.30. The van der Waals surface area contributed by atoms with E-state index in [0.717, 1.165) is 22.4 Å². The lowest BCUT2D eigenvalue weighted by Crippen LogP contribution is -2.08. The molecule has 2 aromatic carbocycles. The van der Waals surface area contributed by atoms with Gasteiger partial charge in [0.1, 0.15) is 0 Å². The minimum absolute atomic E-state index is 0.465. The fourth-order valence-corrected chi connectivity index (χ4v) is 2.53. The molecule has 0 aliphatic carbocycles. The van der Waals surface area contributed by atoms with Crippen LogP contribution >= 0.6 is 12.2 Å². The zero-order chi connectivity index (χ0) is 17.1. The highest BCUT2D eigenvalue weighted by Crippen LogP contribution is 2.18. The van der Waals surface area contributed by atoms with Gasteiger partial charge in [-0.1, -0.05) is 35.9 Å². The van der Waals surface area contributed by atoms with Crippen LogP contribution in [0, 0.1) is 11.7 Å². The Hall–Kier alpha value is -2.73. The monoisotopic (exact) mass is 337 g/mol. The summed E-state index contributed by atoms with van der Waals surface area (Å²) in [6, 6.07) is 16.2. The van der Waals surface area contributed by atoms with Crippen molar-refractivity contribution in [3.05, 3.63) is 64.4 Å². The molecule has 0 aliphatic heterocycles. The Kier molecular flexibility index (Phi) is 4.57. The minimum Gasteiger partial charge on any atom is -0.378 e. The molecule has 0 radical (unpaired) electrons. The number of aryl methyl sites for hydroxylation is 1. The first-order chi connectivity index (χ1) is 11.5. The standard InChI is InChI=1S/C18H19N5S/c1-13-5-4-6-15(11-13)17-20-21-18(24)23(17)19-12-14-7-9-16(10-8-14)22(2)3/h4-12H,1-3H3,(H,21,24)/b19-12-. The van der Waals surface area contributed by atoms with Gasteiger partial charge >= 0.3 is 0 Å². The molecule has 0 amide bonds. The molecule has 1 N–H and O–H groups in total. The van der Waals surface area contributed by atoms with Crippen molar-refractivity contribution >= 4 is 24.1 Å². The SMILES string of the molecule is Cc1cccc(-c2n[nH]c(=S)n2/N=C\c2ccc(N(C)C)cc2)c1. The van der Waals surface area contributed by atoms with Crippen LogP contribution in [0.15, 0.2) is 53.6 Å². The second-order valence-corrected chi connectivity index (χ2v) is 6.15. The molecule has 0 saturated heterocycles. The Bertz CT molecular complexity index is 919. The number of nitrogens with one attached hydrogen (secondary N) is 1. The lowest BCUT2D eigenvalue weighted by Gasteiger charge is -2.11. The Morgan fingerprint density at radius 1 is 1.17 bits per heavy atom. The molecule has 122 valence electrons. The molecule has 5 nitrogen and oxygen atoms in total. The highest BCUT2D eigenvalue weighted by molar-refractivity contribution is 7.71. The van der Waals surface area contributed by atoms with E-state index >= 15 is 0 Å². The van der Waals surface area contributed by atoms with Crippen molar-refractivity contribution in [2.45, 2.75) is 6.92 Å². The van der Waals surface area contributed by atoms with Crippen molar-refractivity contribution in [3.8, 4) is 11.4 Å². The highest BCUT2D eigenvalue weighted by Gasteiger charge is 2.08. The van der Waals surface area contributed by atoms with Gasteiger partial charge in [-0.2, -0.15) is 14.9 Å². The third-order valence-electron chi connectivity index (χ3n) is 3.66. The molecule has 3 aromatic rings. The van der Waals surface area contributed by atoms with Crippen LogP contribution < -0.4 is 4.90 Å². The summed E-state index contributed by atoms with van der Waals surface area (Å²) in [5.41, 5.74) is 4.28. The van der Waals surface area contributed by atoms with Gasteiger partial charge in [-0.05, 0) is 42.9 Å². The molecule has 0 aliphatic rings. The van der Waals surface area contributed by atoms with Crippen LogP contribution in [-0.4, -0.2) is 35.2 Å². The van der Waals surface area contributed by atoms with E-state index in [2.05, 4.69) is 38.4 Å². The summed E-state index contributed by atoms with van der Waals surface area (Å²) < 4.78 is 2.11. The molecule has 24 heavy (non-hydrogen) atoms. The van der Waals surface area contributed by atoms with Gasteiger partial charge in [-0.25, -0.2) is 5.10 Å². The van der Waals surface area contributed by atoms with Gasteiger partial charge in [0.2, 0.25) is 4.77 Å². The van der Waals surface area contributed by atoms with Crippen molar-refractivity contribution in [2.24, 2.45) is 5.10 Å². The zero-order valence-corrected chi connectivity index (χ0v) is 14.7. The zero-order valence-electron chi connectivity index (χ0n) is 13.9. The summed E-state index contributed by atoms with van der Waals surface area (Å²) in [6.45, 7) is 2.05. The number of rotatable bonds is 4. The average Bonchev–Trinajstić information content (AvgIpc) is 2.94. The predicted octanol–water partition coefficient (Wildman–Crippen LogP) is 3.86. The van der Waals surface area contributed by atoms with Gasteiger partial charge in [-0.15, -0.1) is 0 Å². The summed E-state index contributed by atoms with van der Waals surface area (Å²) in [4.78, 5) is 2.06. The Morgan fingerprint density at radius 3 is 2.58 bits per heavy atom. The lowest BCUT2D eigenvalue weighted by molar-refractivity contribution is 0.871. The third kappa shape index (κ3) is 3.44. The first kappa shape index (κ1) is 16.1. The second-order valence-electron chi connectivity index (χ2n) is 5.76. The van der Waals surface area contributed by atoms with E-state index < -0.39 is 0 Å². The lowest BCUT2D eigenvalue weighted by atomic mass is 10.1. The summed E-state index contributed by atoms with van der Waals surface area (Å²) in [5, 5.41) is 11.6. The fraction of sp³-hybridized carbons (Fsp3) is 0.167. The van der Waals surface area contributed by atoms with E-state index in [4.69, 9.17) is 12.2 Å². The average molecular weight is 337 g/mol. The topological polar surface area (TPSA) is 49.2 Å². The molecule has 0 atom stereocenters. The molecule has 0 spiro atoms. The first-order valence-corrected chi connectivity index (χ1v) is 8.01. The number of aromatic nitrogens is 3. The summed E-state index contributed by atoms with van der Waals surface area (Å²) in [7, 11) is 4.03. The number of hydrogen-bond acceptors (Lipinski definition) is 4. The predicted molar refractivity (Wildman–Crippen MR) is 101 cm³/mol. The van der Waals surface area contributed by atoms with Crippen LogP contribution in [0.4, 0.5) is 5.69 Å². The number of benzene rings is 2. The first-order valence-electron chi connectivity index (χ1n) is 7.61. The smallest absolute Gasteiger partial charge is 0.216 e. The van der Waals surface area contributed by atoms with Gasteiger partial charge in [0.25, 0.3) is 0 Å². The van der Waals surface area contributed by atoms with Crippen LogP contribution in [0.5, 0.6) is 0 Å². The van der Waals surface area contributed by atoms with Crippen molar-refractivity contribution < 1.29 is 0 Å². The Morgan fingerprint density at radius 2 is 1.92 bits per heavy atom. The molecule has 1 heterocycles. The number of aromatic amines is 1. The van der Waals surface area contributed by atoms with Crippen molar-refractivity contribution in [1.82, 2.24) is 14.9 Å². The van der Waals surface area contributed by atoms with Gasteiger partial charge in [-0.3, -0.25) is 0 Å². The summed E-state index contributed by atoms with van der Waals surface area (Å²) >= 11 is 5.30. The molecule has 0 bridgehead atoms. The number of H-pyrrole nitrogens is 1. The van der Waals surface area contributed by atoms with E-state index in [0.29, 0.717) is 10.6 Å². The van der Waals surface area contributed by atoms with Crippen LogP contribution in [0.1, 0.15) is 11.1 Å². The Balaban J connectivity index is 1.93. The van der Waals surface area contributed by atoms with Crippen LogP contribution in [0.25, 0.3) is 11.4 Å². The molecule has 0 unspecified atom stereocenters. The Labute approximate surface area is 146 Å². The number of anilines is 1. The number of hydrogen-bond donors (Lipinski definition) is 1. The van der Waals surface area contributed by atoms with Gasteiger partial charge < -0.3 is 4.90 Å². The van der Waals surface area contributed by atoms with Crippen molar-refractivity contribution in [3.63, 3.8) is 0 Å². The van der Waals surface area contributed by atoms with Crippen molar-refractivity contribution in [1.29, 1.82) is 0 Å². The second kappa shape index (κ2) is 6.80. The minimum atomic E-state index is 0.465. The molecular weight excluding hydrogens is 318 g/mol. The molecule has 3 rings (SSSR count). The molecular formula is C18H19N5S. The number of nitrogens with zero attached hydrogens (tertiary/aromatic N) is 4. The maximum Gasteiger partial charge on any atom is 0.216 e. The van der Waals surface area contributed by atoms with E-state index in [-0.39, 0.29) is 0 Å². The van der Waals surface area contributed by atoms with Crippen LogP contribution in [0.2, 0.25) is 0 Å². The van der Waals surface area contributed by atoms with Crippen LogP contribution in [0.3, 0.4) is 0 Å². The van der Waals surface area contributed by atoms with Gasteiger partial charge in [0, 0.05) is 25.3 Å². The van der Waals surface area contributed by atoms with Gasteiger partial charge in [0.15, 0.2) is 5.82 Å². The summed E-state index contributed by atoms with van der Waals surface area (Å²) in [6.07, 6.45) is 1.78. The van der Waals surface area contributed by atoms with E-state index in [1.165, 1.54) is 0 Å². The van der Waals surface area contributed by atoms with Crippen LogP contribution in [-0.2, 0) is 0 Å². The van der Waals surface area contributed by atoms with E-state index in [9.17, 15) is 0 Å². The third-order valence-corrected chi connectivity index (χ3v) is 3.92. The van der Waals surface area contributed by atoms with E-state index in [1.807, 2.05) is 51.4 Å². The normalized spacial score (nSPS) is 11.1. The largest absolute Gasteiger partial charge is 0.378 e. The molecule has 1 aromatic heterocycles. The molecule has 0 fully saturated rings. The maximum absolute atomic E-state index is 5.30. The van der Waals surface area contributed by atoms with Gasteiger partial charge in [0.05, 0.1) is 6.21 Å². The molecule has 6 heteroatoms. The quantitative estimate of drug-likeness (QED) is 0.581. The molecule has 0 saturated carbocycles. The fourth-order valence-electron chi connectivity index (χ4n) is 2.35. The van der Waals surface area contributed by atoms with E-state index in [1.54, 1.807) is 10.9 Å².